The number of carbonyl (C=O) groups is 1. The van der Waals surface area contributed by atoms with Crippen molar-refractivity contribution < 1.29 is 4.79 Å². The van der Waals surface area contributed by atoms with Gasteiger partial charge in [-0.25, -0.2) is 4.98 Å². The largest absolute Gasteiger partial charge is 0.346 e. The van der Waals surface area contributed by atoms with Crippen LogP contribution in [-0.4, -0.2) is 25.8 Å². The van der Waals surface area contributed by atoms with Crippen molar-refractivity contribution in [3.05, 3.63) is 35.1 Å². The van der Waals surface area contributed by atoms with Gasteiger partial charge in [0, 0.05) is 29.7 Å². The molecule has 1 aliphatic rings. The Hall–Kier alpha value is -2.50. The molecule has 0 radical (unpaired) electrons. The van der Waals surface area contributed by atoms with Gasteiger partial charge in [0.2, 0.25) is 0 Å². The number of aromatic nitrogens is 4. The quantitative estimate of drug-likeness (QED) is 0.735. The van der Waals surface area contributed by atoms with E-state index in [0.29, 0.717) is 5.39 Å². The van der Waals surface area contributed by atoms with Crippen LogP contribution in [0.1, 0.15) is 31.7 Å². The summed E-state index contributed by atoms with van der Waals surface area (Å²) in [5.74, 6) is 0.170. The molecule has 6 heteroatoms. The first-order chi connectivity index (χ1) is 10.8. The number of carbonyl (C=O) groups excluding carboxylic acids is 1. The van der Waals surface area contributed by atoms with E-state index in [1.54, 1.807) is 12.5 Å². The zero-order valence-electron chi connectivity index (χ0n) is 12.0. The minimum Gasteiger partial charge on any atom is -0.346 e. The zero-order chi connectivity index (χ0) is 15.1. The fraction of sp³-hybridized carbons (Fsp3) is 0.375. The Kier molecular flexibility index (Phi) is 3.03. The molecule has 0 saturated heterocycles. The highest BCUT2D eigenvalue weighted by molar-refractivity contribution is 6.01. The van der Waals surface area contributed by atoms with Gasteiger partial charge in [-0.15, -0.1) is 0 Å². The number of aldehydes is 1. The first kappa shape index (κ1) is 13.2. The first-order valence-electron chi connectivity index (χ1n) is 7.56. The zero-order valence-corrected chi connectivity index (χ0v) is 12.0. The number of aromatic amines is 1. The molecule has 0 atom stereocenters. The normalized spacial score (nSPS) is 22.2. The molecule has 0 bridgehead atoms. The van der Waals surface area contributed by atoms with Gasteiger partial charge in [0.05, 0.1) is 17.2 Å². The van der Waals surface area contributed by atoms with Crippen molar-refractivity contribution in [2.24, 2.45) is 5.92 Å². The first-order valence-corrected chi connectivity index (χ1v) is 7.56. The third-order valence-electron chi connectivity index (χ3n) is 4.67. The van der Waals surface area contributed by atoms with E-state index in [-0.39, 0.29) is 17.5 Å². The summed E-state index contributed by atoms with van der Waals surface area (Å²) in [5, 5.41) is 1.49. The molecule has 4 rings (SSSR count). The Balaban J connectivity index is 1.90. The second kappa shape index (κ2) is 5.05. The van der Waals surface area contributed by atoms with E-state index in [1.165, 1.54) is 0 Å². The summed E-state index contributed by atoms with van der Waals surface area (Å²) in [5.41, 5.74) is 1.41. The Morgan fingerprint density at radius 2 is 2.00 bits per heavy atom. The van der Waals surface area contributed by atoms with E-state index in [1.807, 2.05) is 12.3 Å². The molecule has 6 nitrogen and oxygen atoms in total. The third-order valence-corrected chi connectivity index (χ3v) is 4.67. The molecule has 1 fully saturated rings. The number of hydrogen-bond donors (Lipinski definition) is 1. The lowest BCUT2D eigenvalue weighted by Crippen LogP contribution is -2.22. The van der Waals surface area contributed by atoms with Gasteiger partial charge in [0.25, 0.3) is 5.56 Å². The number of pyridine rings is 1. The van der Waals surface area contributed by atoms with Crippen LogP contribution >= 0.6 is 0 Å². The van der Waals surface area contributed by atoms with Crippen LogP contribution in [0.25, 0.3) is 21.9 Å². The molecule has 1 N–H and O–H groups in total. The Bertz CT molecular complexity index is 903. The predicted octanol–water partition coefficient (Wildman–Crippen LogP) is 2.20. The molecule has 1 saturated carbocycles. The van der Waals surface area contributed by atoms with E-state index in [0.717, 1.165) is 48.5 Å². The van der Waals surface area contributed by atoms with Crippen molar-refractivity contribution in [1.29, 1.82) is 0 Å². The molecule has 0 spiro atoms. The van der Waals surface area contributed by atoms with E-state index < -0.39 is 0 Å². The monoisotopic (exact) mass is 296 g/mol. The predicted molar refractivity (Wildman–Crippen MR) is 82.7 cm³/mol. The van der Waals surface area contributed by atoms with Gasteiger partial charge in [-0.1, -0.05) is 0 Å². The minimum absolute atomic E-state index is 0.170. The standard InChI is InChI=1S/C16H16N4O2/c21-8-10-1-3-11(4-2-10)20-9-19-16(22)13-7-18-15-12(14(13)20)5-6-17-15/h5-11H,1-4H2,(H,17,18)/t10-,11-. The number of nitrogens with one attached hydrogen (secondary N) is 1. The highest BCUT2D eigenvalue weighted by Gasteiger charge is 2.23. The molecular weight excluding hydrogens is 280 g/mol. The van der Waals surface area contributed by atoms with Crippen LogP contribution in [0.3, 0.4) is 0 Å². The molecule has 0 unspecified atom stereocenters. The van der Waals surface area contributed by atoms with Crippen LogP contribution in [0, 0.1) is 5.92 Å². The molecule has 112 valence electrons. The molecule has 3 heterocycles. The molecule has 0 aliphatic heterocycles. The molecule has 0 amide bonds. The number of H-pyrrole nitrogens is 1. The summed E-state index contributed by atoms with van der Waals surface area (Å²) < 4.78 is 2.09. The summed E-state index contributed by atoms with van der Waals surface area (Å²) in [6, 6.07) is 2.21. The highest BCUT2D eigenvalue weighted by Crippen LogP contribution is 2.33. The molecule has 0 aromatic carbocycles. The second-order valence-electron chi connectivity index (χ2n) is 5.92. The van der Waals surface area contributed by atoms with Crippen LogP contribution in [0.2, 0.25) is 0 Å². The van der Waals surface area contributed by atoms with Gasteiger partial charge in [0.1, 0.15) is 11.9 Å². The van der Waals surface area contributed by atoms with E-state index in [4.69, 9.17) is 0 Å². The van der Waals surface area contributed by atoms with Crippen molar-refractivity contribution in [3.63, 3.8) is 0 Å². The number of hydrogen-bond acceptors (Lipinski definition) is 4. The van der Waals surface area contributed by atoms with Crippen molar-refractivity contribution in [1.82, 2.24) is 19.5 Å². The molecular formula is C16H16N4O2. The summed E-state index contributed by atoms with van der Waals surface area (Å²) >= 11 is 0. The molecule has 3 aromatic heterocycles. The minimum atomic E-state index is -0.247. The van der Waals surface area contributed by atoms with Gasteiger partial charge in [-0.3, -0.25) is 4.79 Å². The van der Waals surface area contributed by atoms with Crippen LogP contribution in [0.15, 0.2) is 29.6 Å². The SMILES string of the molecule is O=C[C@H]1CC[C@H](n2cnc(=O)c3cnc4[nH]ccc4c32)CC1. The van der Waals surface area contributed by atoms with Crippen molar-refractivity contribution in [2.75, 3.05) is 0 Å². The van der Waals surface area contributed by atoms with Crippen molar-refractivity contribution in [3.8, 4) is 0 Å². The molecule has 3 aromatic rings. The van der Waals surface area contributed by atoms with Gasteiger partial charge in [-0.05, 0) is 31.7 Å². The lowest BCUT2D eigenvalue weighted by atomic mass is 9.87. The maximum absolute atomic E-state index is 12.1. The third kappa shape index (κ3) is 1.94. The van der Waals surface area contributed by atoms with Crippen molar-refractivity contribution >= 4 is 28.2 Å². The summed E-state index contributed by atoms with van der Waals surface area (Å²) in [7, 11) is 0. The maximum atomic E-state index is 12.1. The van der Waals surface area contributed by atoms with E-state index in [9.17, 15) is 9.59 Å². The molecule has 22 heavy (non-hydrogen) atoms. The van der Waals surface area contributed by atoms with E-state index in [2.05, 4.69) is 19.5 Å². The van der Waals surface area contributed by atoms with E-state index >= 15 is 0 Å². The van der Waals surface area contributed by atoms with Gasteiger partial charge in [0.15, 0.2) is 0 Å². The van der Waals surface area contributed by atoms with Crippen LogP contribution in [0.4, 0.5) is 0 Å². The Morgan fingerprint density at radius 1 is 1.18 bits per heavy atom. The summed E-state index contributed by atoms with van der Waals surface area (Å²) in [6.45, 7) is 0. The highest BCUT2D eigenvalue weighted by atomic mass is 16.1. The maximum Gasteiger partial charge on any atom is 0.282 e. The van der Waals surface area contributed by atoms with Gasteiger partial charge in [-0.2, -0.15) is 4.98 Å². The van der Waals surface area contributed by atoms with Crippen molar-refractivity contribution in [2.45, 2.75) is 31.7 Å². The van der Waals surface area contributed by atoms with Crippen LogP contribution < -0.4 is 5.56 Å². The lowest BCUT2D eigenvalue weighted by Gasteiger charge is -2.28. The average molecular weight is 296 g/mol. The fourth-order valence-corrected chi connectivity index (χ4v) is 3.46. The summed E-state index contributed by atoms with van der Waals surface area (Å²) in [6.07, 6.45) is 9.77. The number of rotatable bonds is 2. The van der Waals surface area contributed by atoms with Crippen LogP contribution in [-0.2, 0) is 4.79 Å². The average Bonchev–Trinajstić information content (AvgIpc) is 3.04. The Labute approximate surface area is 126 Å². The summed E-state index contributed by atoms with van der Waals surface area (Å²) in [4.78, 5) is 34.4. The smallest absolute Gasteiger partial charge is 0.282 e. The number of fused-ring (bicyclic) bond motifs is 3. The van der Waals surface area contributed by atoms with Gasteiger partial charge < -0.3 is 14.3 Å². The number of nitrogens with zero attached hydrogens (tertiary/aromatic N) is 3. The molecule has 1 aliphatic carbocycles. The lowest BCUT2D eigenvalue weighted by molar-refractivity contribution is -0.112. The Morgan fingerprint density at radius 3 is 2.77 bits per heavy atom. The second-order valence-corrected chi connectivity index (χ2v) is 5.92. The van der Waals surface area contributed by atoms with Crippen LogP contribution in [0.5, 0.6) is 0 Å². The van der Waals surface area contributed by atoms with Gasteiger partial charge >= 0.3 is 0 Å². The fourth-order valence-electron chi connectivity index (χ4n) is 3.46. The topological polar surface area (TPSA) is 80.6 Å².